The molecule has 0 aromatic carbocycles. The number of aryl methyl sites for hydroxylation is 2. The predicted octanol–water partition coefficient (Wildman–Crippen LogP) is 3.13. The van der Waals surface area contributed by atoms with Crippen LogP contribution >= 0.6 is 0 Å². The average molecular weight is 314 g/mol. The van der Waals surface area contributed by atoms with Gasteiger partial charge in [0, 0.05) is 13.6 Å². The van der Waals surface area contributed by atoms with E-state index in [1.54, 1.807) is 20.9 Å². The first kappa shape index (κ1) is 16.5. The van der Waals surface area contributed by atoms with E-state index in [-0.39, 0.29) is 4.90 Å². The van der Waals surface area contributed by atoms with Crippen molar-refractivity contribution in [2.75, 3.05) is 13.6 Å². The maximum absolute atomic E-state index is 12.6. The van der Waals surface area contributed by atoms with Crippen molar-refractivity contribution in [1.29, 1.82) is 0 Å². The van der Waals surface area contributed by atoms with Gasteiger partial charge in [-0.05, 0) is 38.5 Å². The van der Waals surface area contributed by atoms with Crippen LogP contribution in [0.15, 0.2) is 9.42 Å². The van der Waals surface area contributed by atoms with E-state index in [2.05, 4.69) is 12.1 Å². The third-order valence-corrected chi connectivity index (χ3v) is 6.64. The molecule has 6 heteroatoms. The van der Waals surface area contributed by atoms with Gasteiger partial charge in [-0.25, -0.2) is 12.7 Å². The van der Waals surface area contributed by atoms with Crippen LogP contribution in [0.3, 0.4) is 0 Å². The van der Waals surface area contributed by atoms with Crippen LogP contribution in [0.2, 0.25) is 0 Å². The minimum absolute atomic E-state index is 0.224. The second-order valence-electron chi connectivity index (χ2n) is 6.41. The first-order valence-corrected chi connectivity index (χ1v) is 9.15. The maximum Gasteiger partial charge on any atom is 0.248 e. The van der Waals surface area contributed by atoms with Crippen LogP contribution in [-0.4, -0.2) is 31.5 Å². The minimum atomic E-state index is -3.49. The third kappa shape index (κ3) is 3.66. The lowest BCUT2D eigenvalue weighted by Crippen LogP contribution is -2.30. The molecule has 1 fully saturated rings. The first-order chi connectivity index (χ1) is 9.82. The van der Waals surface area contributed by atoms with E-state index in [0.717, 1.165) is 12.3 Å². The number of hydrogen-bond donors (Lipinski definition) is 0. The van der Waals surface area contributed by atoms with Gasteiger partial charge in [0.2, 0.25) is 10.0 Å². The molecule has 2 rings (SSSR count). The number of rotatable bonds is 5. The van der Waals surface area contributed by atoms with Crippen LogP contribution in [0.25, 0.3) is 0 Å². The Bertz CT molecular complexity index is 560. The fourth-order valence-corrected chi connectivity index (χ4v) is 4.77. The summed E-state index contributed by atoms with van der Waals surface area (Å²) in [4.78, 5) is 0.224. The van der Waals surface area contributed by atoms with Gasteiger partial charge >= 0.3 is 0 Å². The highest BCUT2D eigenvalue weighted by molar-refractivity contribution is 7.89. The molecule has 0 radical (unpaired) electrons. The summed E-state index contributed by atoms with van der Waals surface area (Å²) in [6.07, 6.45) is 5.96. The van der Waals surface area contributed by atoms with Crippen molar-refractivity contribution in [3.8, 4) is 0 Å². The molecule has 1 aromatic heterocycles. The van der Waals surface area contributed by atoms with Gasteiger partial charge in [-0.3, -0.25) is 0 Å². The lowest BCUT2D eigenvalue weighted by molar-refractivity contribution is 0.257. The number of hydrogen-bond acceptors (Lipinski definition) is 4. The summed E-state index contributed by atoms with van der Waals surface area (Å²) in [6, 6.07) is 0. The highest BCUT2D eigenvalue weighted by Gasteiger charge is 2.29. The monoisotopic (exact) mass is 314 g/mol. The molecule has 0 bridgehead atoms. The van der Waals surface area contributed by atoms with Crippen LogP contribution in [0.5, 0.6) is 0 Å². The molecule has 1 aliphatic carbocycles. The van der Waals surface area contributed by atoms with Crippen molar-refractivity contribution < 1.29 is 12.9 Å². The van der Waals surface area contributed by atoms with Crippen molar-refractivity contribution >= 4 is 10.0 Å². The molecular formula is C15H26N2O3S. The van der Waals surface area contributed by atoms with Crippen LogP contribution < -0.4 is 0 Å². The zero-order chi connectivity index (χ0) is 15.6. The van der Waals surface area contributed by atoms with Gasteiger partial charge in [0.25, 0.3) is 0 Å². The van der Waals surface area contributed by atoms with Crippen LogP contribution in [0.1, 0.15) is 50.5 Å². The van der Waals surface area contributed by atoms with Gasteiger partial charge in [-0.1, -0.05) is 31.3 Å². The summed E-state index contributed by atoms with van der Waals surface area (Å²) in [6.45, 7) is 6.16. The van der Waals surface area contributed by atoms with Crippen molar-refractivity contribution in [1.82, 2.24) is 9.46 Å². The van der Waals surface area contributed by atoms with Crippen molar-refractivity contribution in [2.24, 2.45) is 11.8 Å². The molecule has 1 heterocycles. The Balaban J connectivity index is 2.01. The second-order valence-corrected chi connectivity index (χ2v) is 8.39. The Labute approximate surface area is 127 Å². The zero-order valence-electron chi connectivity index (χ0n) is 13.4. The zero-order valence-corrected chi connectivity index (χ0v) is 14.2. The molecule has 1 aromatic rings. The Kier molecular flexibility index (Phi) is 5.09. The highest BCUT2D eigenvalue weighted by Crippen LogP contribution is 2.31. The standard InChI is InChI=1S/C15H26N2O3S/c1-11-6-5-7-14(10-11)8-9-17(4)21(18,19)15-12(2)16-20-13(15)3/h11,14H,5-10H2,1-4H3/t11-,14-/m1/s1. The van der Waals surface area contributed by atoms with Crippen molar-refractivity contribution in [3.63, 3.8) is 0 Å². The fourth-order valence-electron chi connectivity index (χ4n) is 3.31. The van der Waals surface area contributed by atoms with E-state index in [0.29, 0.717) is 23.9 Å². The number of nitrogens with zero attached hydrogens (tertiary/aromatic N) is 2. The number of aromatic nitrogens is 1. The Hall–Kier alpha value is -0.880. The summed E-state index contributed by atoms with van der Waals surface area (Å²) in [5.74, 6) is 1.79. The van der Waals surface area contributed by atoms with Crippen molar-refractivity contribution in [3.05, 3.63) is 11.5 Å². The Morgan fingerprint density at radius 3 is 2.62 bits per heavy atom. The number of sulfonamides is 1. The Morgan fingerprint density at radius 1 is 1.33 bits per heavy atom. The predicted molar refractivity (Wildman–Crippen MR) is 81.5 cm³/mol. The molecule has 1 aliphatic rings. The largest absolute Gasteiger partial charge is 0.360 e. The van der Waals surface area contributed by atoms with E-state index in [4.69, 9.17) is 4.52 Å². The van der Waals surface area contributed by atoms with Crippen molar-refractivity contribution in [2.45, 2.75) is 57.8 Å². The van der Waals surface area contributed by atoms with Crippen LogP contribution in [0, 0.1) is 25.7 Å². The fraction of sp³-hybridized carbons (Fsp3) is 0.800. The lowest BCUT2D eigenvalue weighted by Gasteiger charge is -2.28. The second kappa shape index (κ2) is 6.48. The first-order valence-electron chi connectivity index (χ1n) is 7.71. The van der Waals surface area contributed by atoms with E-state index < -0.39 is 10.0 Å². The molecule has 120 valence electrons. The van der Waals surface area contributed by atoms with Gasteiger partial charge in [-0.2, -0.15) is 0 Å². The van der Waals surface area contributed by atoms with E-state index in [1.165, 1.54) is 30.0 Å². The molecule has 2 atom stereocenters. The smallest absolute Gasteiger partial charge is 0.248 e. The molecule has 1 saturated carbocycles. The quantitative estimate of drug-likeness (QED) is 0.837. The Morgan fingerprint density at radius 2 is 2.05 bits per heavy atom. The minimum Gasteiger partial charge on any atom is -0.360 e. The molecule has 21 heavy (non-hydrogen) atoms. The molecular weight excluding hydrogens is 288 g/mol. The third-order valence-electron chi connectivity index (χ3n) is 4.53. The van der Waals surface area contributed by atoms with Crippen LogP contribution in [-0.2, 0) is 10.0 Å². The molecule has 5 nitrogen and oxygen atoms in total. The maximum atomic E-state index is 12.6. The van der Waals surface area contributed by atoms with Gasteiger partial charge in [0.05, 0.1) is 0 Å². The molecule has 0 aliphatic heterocycles. The van der Waals surface area contributed by atoms with Gasteiger partial charge < -0.3 is 4.52 Å². The summed E-state index contributed by atoms with van der Waals surface area (Å²) >= 11 is 0. The summed E-state index contributed by atoms with van der Waals surface area (Å²) < 4.78 is 31.6. The lowest BCUT2D eigenvalue weighted by atomic mass is 9.81. The topological polar surface area (TPSA) is 63.4 Å². The molecule has 0 saturated heterocycles. The van der Waals surface area contributed by atoms with E-state index in [9.17, 15) is 8.42 Å². The van der Waals surface area contributed by atoms with Crippen LogP contribution in [0.4, 0.5) is 0 Å². The molecule has 0 spiro atoms. The van der Waals surface area contributed by atoms with Gasteiger partial charge in [0.15, 0.2) is 5.76 Å². The summed E-state index contributed by atoms with van der Waals surface area (Å²) in [5.41, 5.74) is 0.436. The van der Waals surface area contributed by atoms with E-state index >= 15 is 0 Å². The van der Waals surface area contributed by atoms with Gasteiger partial charge in [-0.15, -0.1) is 0 Å². The van der Waals surface area contributed by atoms with Gasteiger partial charge in [0.1, 0.15) is 10.6 Å². The normalized spacial score (nSPS) is 23.7. The SMILES string of the molecule is Cc1noc(C)c1S(=O)(=O)N(C)CC[C@H]1CCC[C@@H](C)C1. The van der Waals surface area contributed by atoms with E-state index in [1.807, 2.05) is 0 Å². The average Bonchev–Trinajstić information content (AvgIpc) is 2.76. The molecule has 0 unspecified atom stereocenters. The summed E-state index contributed by atoms with van der Waals surface area (Å²) in [7, 11) is -1.85. The highest BCUT2D eigenvalue weighted by atomic mass is 32.2. The molecule has 0 N–H and O–H groups in total. The molecule has 0 amide bonds. The summed E-state index contributed by atoms with van der Waals surface area (Å²) in [5, 5.41) is 3.74.